The topological polar surface area (TPSA) is 62.1 Å². The summed E-state index contributed by atoms with van der Waals surface area (Å²) in [5, 5.41) is 9.43. The van der Waals surface area contributed by atoms with E-state index < -0.39 is 0 Å². The third-order valence-corrected chi connectivity index (χ3v) is 3.27. The van der Waals surface area contributed by atoms with E-state index in [0.717, 1.165) is 53.9 Å². The fourth-order valence-electron chi connectivity index (χ4n) is 1.15. The van der Waals surface area contributed by atoms with Crippen LogP contribution in [0.5, 0.6) is 0 Å². The van der Waals surface area contributed by atoms with Crippen molar-refractivity contribution in [3.63, 3.8) is 0 Å². The SMILES string of the molecule is CCC(=S)NCCNC(=S)CCNC(=S)CCN. The molecule has 0 radical (unpaired) electrons. The molecular weight excluding hydrogens is 284 g/mol. The van der Waals surface area contributed by atoms with Crippen LogP contribution >= 0.6 is 36.7 Å². The molecule has 7 heteroatoms. The predicted molar refractivity (Wildman–Crippen MR) is 90.4 cm³/mol. The first-order valence-electron chi connectivity index (χ1n) is 6.10. The molecule has 0 unspecified atom stereocenters. The summed E-state index contributed by atoms with van der Waals surface area (Å²) < 4.78 is 0. The normalized spacial score (nSPS) is 9.67. The van der Waals surface area contributed by atoms with Gasteiger partial charge in [0.2, 0.25) is 0 Å². The molecule has 0 heterocycles. The van der Waals surface area contributed by atoms with Crippen molar-refractivity contribution < 1.29 is 0 Å². The Labute approximate surface area is 125 Å². The molecule has 18 heavy (non-hydrogen) atoms. The Morgan fingerprint density at radius 3 is 1.89 bits per heavy atom. The third kappa shape index (κ3) is 10.8. The Kier molecular flexibility index (Phi) is 11.5. The molecule has 0 fully saturated rings. The fourth-order valence-corrected chi connectivity index (χ4v) is 1.68. The lowest BCUT2D eigenvalue weighted by Crippen LogP contribution is -2.34. The van der Waals surface area contributed by atoms with Crippen LogP contribution < -0.4 is 21.7 Å². The minimum absolute atomic E-state index is 0.581. The number of thiocarbonyl (C=S) groups is 3. The number of nitrogens with two attached hydrogens (primary N) is 1. The summed E-state index contributed by atoms with van der Waals surface area (Å²) in [6.45, 7) is 4.95. The van der Waals surface area contributed by atoms with Gasteiger partial charge in [0.15, 0.2) is 0 Å². The molecule has 0 aromatic heterocycles. The minimum Gasteiger partial charge on any atom is -0.379 e. The van der Waals surface area contributed by atoms with Crippen molar-refractivity contribution in [2.75, 3.05) is 26.2 Å². The second-order valence-electron chi connectivity index (χ2n) is 3.69. The highest BCUT2D eigenvalue weighted by molar-refractivity contribution is 7.80. The van der Waals surface area contributed by atoms with Gasteiger partial charge in [-0.25, -0.2) is 0 Å². The van der Waals surface area contributed by atoms with E-state index in [1.54, 1.807) is 0 Å². The maximum Gasteiger partial charge on any atom is 0.0771 e. The van der Waals surface area contributed by atoms with E-state index >= 15 is 0 Å². The quantitative estimate of drug-likeness (QED) is 0.373. The lowest BCUT2D eigenvalue weighted by molar-refractivity contribution is 0.795. The van der Waals surface area contributed by atoms with Crippen molar-refractivity contribution in [3.8, 4) is 0 Å². The van der Waals surface area contributed by atoms with Gasteiger partial charge in [-0.2, -0.15) is 0 Å². The molecule has 4 nitrogen and oxygen atoms in total. The second-order valence-corrected chi connectivity index (χ2v) is 5.17. The van der Waals surface area contributed by atoms with Gasteiger partial charge < -0.3 is 21.7 Å². The van der Waals surface area contributed by atoms with Crippen LogP contribution in [0.4, 0.5) is 0 Å². The highest BCUT2D eigenvalue weighted by Gasteiger charge is 1.98. The number of hydrogen-bond acceptors (Lipinski definition) is 4. The van der Waals surface area contributed by atoms with Crippen LogP contribution in [0.2, 0.25) is 0 Å². The van der Waals surface area contributed by atoms with Gasteiger partial charge in [0, 0.05) is 32.5 Å². The largest absolute Gasteiger partial charge is 0.379 e. The maximum absolute atomic E-state index is 5.39. The van der Waals surface area contributed by atoms with Crippen molar-refractivity contribution in [1.29, 1.82) is 0 Å². The number of nitrogens with one attached hydrogen (secondary N) is 3. The molecule has 0 spiro atoms. The first kappa shape index (κ1) is 17.6. The summed E-state index contributed by atoms with van der Waals surface area (Å²) in [5.74, 6) is 0. The van der Waals surface area contributed by atoms with Crippen LogP contribution in [0.3, 0.4) is 0 Å². The van der Waals surface area contributed by atoms with Crippen molar-refractivity contribution in [1.82, 2.24) is 16.0 Å². The molecule has 0 aromatic rings. The highest BCUT2D eigenvalue weighted by atomic mass is 32.1. The van der Waals surface area contributed by atoms with Crippen LogP contribution in [-0.4, -0.2) is 41.1 Å². The van der Waals surface area contributed by atoms with E-state index in [2.05, 4.69) is 16.0 Å². The van der Waals surface area contributed by atoms with Crippen LogP contribution in [0, 0.1) is 0 Å². The standard InChI is InChI=1S/C11H22N4S3/c1-2-9(16)14-7-8-15-11(18)4-6-13-10(17)3-5-12/h2-8,12H2,1H3,(H,13,17)(H,14,16)(H,15,18). The average molecular weight is 307 g/mol. The van der Waals surface area contributed by atoms with Gasteiger partial charge in [0.25, 0.3) is 0 Å². The summed E-state index contributed by atoms with van der Waals surface area (Å²) in [5.41, 5.74) is 5.39. The summed E-state index contributed by atoms with van der Waals surface area (Å²) in [6, 6.07) is 0. The maximum atomic E-state index is 5.39. The second kappa shape index (κ2) is 11.7. The van der Waals surface area contributed by atoms with Gasteiger partial charge in [-0.05, 0) is 13.0 Å². The van der Waals surface area contributed by atoms with E-state index in [1.165, 1.54) is 0 Å². The molecule has 0 saturated carbocycles. The molecule has 0 bridgehead atoms. The Hall–Kier alpha value is -0.370. The summed E-state index contributed by atoms with van der Waals surface area (Å²) in [6.07, 6.45) is 2.38. The van der Waals surface area contributed by atoms with Crippen molar-refractivity contribution in [3.05, 3.63) is 0 Å². The zero-order valence-corrected chi connectivity index (χ0v) is 13.2. The van der Waals surface area contributed by atoms with E-state index in [1.807, 2.05) is 6.92 Å². The lowest BCUT2D eigenvalue weighted by atomic mass is 10.3. The van der Waals surface area contributed by atoms with E-state index in [0.29, 0.717) is 6.54 Å². The van der Waals surface area contributed by atoms with E-state index in [9.17, 15) is 0 Å². The smallest absolute Gasteiger partial charge is 0.0771 e. The molecule has 0 rings (SSSR count). The Morgan fingerprint density at radius 1 is 0.833 bits per heavy atom. The van der Waals surface area contributed by atoms with Crippen LogP contribution in [0.15, 0.2) is 0 Å². The first-order chi connectivity index (χ1) is 8.60. The molecule has 0 atom stereocenters. The van der Waals surface area contributed by atoms with Gasteiger partial charge in [-0.1, -0.05) is 43.6 Å². The zero-order chi connectivity index (χ0) is 13.8. The third-order valence-electron chi connectivity index (χ3n) is 2.14. The monoisotopic (exact) mass is 306 g/mol. The molecular formula is C11H22N4S3. The molecule has 0 amide bonds. The zero-order valence-electron chi connectivity index (χ0n) is 10.8. The fraction of sp³-hybridized carbons (Fsp3) is 0.727. The Bertz CT molecular complexity index is 281. The molecule has 0 saturated heterocycles. The van der Waals surface area contributed by atoms with Gasteiger partial charge in [-0.15, -0.1) is 0 Å². The van der Waals surface area contributed by atoms with Crippen LogP contribution in [0.25, 0.3) is 0 Å². The first-order valence-corrected chi connectivity index (χ1v) is 7.32. The molecule has 5 N–H and O–H groups in total. The number of hydrogen-bond donors (Lipinski definition) is 4. The average Bonchev–Trinajstić information content (AvgIpc) is 2.34. The van der Waals surface area contributed by atoms with E-state index in [-0.39, 0.29) is 0 Å². The summed E-state index contributed by atoms with van der Waals surface area (Å²) in [7, 11) is 0. The van der Waals surface area contributed by atoms with Gasteiger partial charge in [0.1, 0.15) is 0 Å². The Balaban J connectivity index is 3.43. The number of rotatable bonds is 9. The molecule has 104 valence electrons. The molecule has 0 aromatic carbocycles. The van der Waals surface area contributed by atoms with Gasteiger partial charge >= 0.3 is 0 Å². The van der Waals surface area contributed by atoms with Gasteiger partial charge in [0.05, 0.1) is 15.0 Å². The highest BCUT2D eigenvalue weighted by Crippen LogP contribution is 1.85. The van der Waals surface area contributed by atoms with E-state index in [4.69, 9.17) is 42.4 Å². The van der Waals surface area contributed by atoms with Gasteiger partial charge in [-0.3, -0.25) is 0 Å². The molecule has 0 aliphatic carbocycles. The molecule has 0 aliphatic rings. The molecule has 0 aliphatic heterocycles. The van der Waals surface area contributed by atoms with Crippen molar-refractivity contribution in [2.24, 2.45) is 5.73 Å². The summed E-state index contributed by atoms with van der Waals surface area (Å²) in [4.78, 5) is 2.52. The summed E-state index contributed by atoms with van der Waals surface area (Å²) >= 11 is 15.3. The Morgan fingerprint density at radius 2 is 1.33 bits per heavy atom. The van der Waals surface area contributed by atoms with Crippen molar-refractivity contribution >= 4 is 51.6 Å². The lowest BCUT2D eigenvalue weighted by Gasteiger charge is -2.11. The van der Waals surface area contributed by atoms with Crippen LogP contribution in [-0.2, 0) is 0 Å². The predicted octanol–water partition coefficient (Wildman–Crippen LogP) is 0.886. The van der Waals surface area contributed by atoms with Crippen molar-refractivity contribution in [2.45, 2.75) is 26.2 Å². The van der Waals surface area contributed by atoms with Crippen LogP contribution in [0.1, 0.15) is 26.2 Å². The minimum atomic E-state index is 0.581.